The molecule has 3 heteroatoms. The first-order valence-electron chi connectivity index (χ1n) is 4.91. The maximum atomic E-state index is 5.80. The van der Waals surface area contributed by atoms with Crippen molar-refractivity contribution in [3.05, 3.63) is 23.0 Å². The molecule has 72 valence electrons. The maximum absolute atomic E-state index is 5.80. The Labute approximate surface area is 83.7 Å². The Balaban J connectivity index is 1.78. The molecule has 1 aromatic rings. The Morgan fingerprint density at radius 3 is 2.85 bits per heavy atom. The second kappa shape index (κ2) is 4.16. The lowest BCUT2D eigenvalue weighted by Gasteiger charge is -2.09. The van der Waals surface area contributed by atoms with Gasteiger partial charge in [-0.25, -0.2) is 0 Å². The summed E-state index contributed by atoms with van der Waals surface area (Å²) in [5.74, 6) is 0. The van der Waals surface area contributed by atoms with E-state index in [1.54, 1.807) is 0 Å². The fourth-order valence-corrected chi connectivity index (χ4v) is 2.08. The molecule has 0 atom stereocenters. The van der Waals surface area contributed by atoms with E-state index < -0.39 is 0 Å². The van der Waals surface area contributed by atoms with Crippen LogP contribution in [0.15, 0.2) is 12.3 Å². The van der Waals surface area contributed by atoms with Crippen molar-refractivity contribution in [2.45, 2.75) is 38.3 Å². The van der Waals surface area contributed by atoms with Crippen LogP contribution in [0.5, 0.6) is 0 Å². The fourth-order valence-electron chi connectivity index (χ4n) is 1.90. The molecule has 0 aliphatic heterocycles. The van der Waals surface area contributed by atoms with E-state index in [0.29, 0.717) is 0 Å². The largest absolute Gasteiger partial charge is 0.363 e. The van der Waals surface area contributed by atoms with Crippen LogP contribution in [0.4, 0.5) is 0 Å². The third-order valence-electron chi connectivity index (χ3n) is 2.64. The molecule has 2 rings (SSSR count). The lowest BCUT2D eigenvalue weighted by molar-refractivity contribution is 0.520. The van der Waals surface area contributed by atoms with E-state index in [1.165, 1.54) is 31.4 Å². The molecular formula is C10H15ClN2. The van der Waals surface area contributed by atoms with Crippen LogP contribution in [0.1, 0.15) is 31.4 Å². The zero-order valence-corrected chi connectivity index (χ0v) is 8.40. The average Bonchev–Trinajstić information content (AvgIpc) is 2.71. The molecule has 0 bridgehead atoms. The average molecular weight is 199 g/mol. The first-order valence-corrected chi connectivity index (χ1v) is 5.28. The molecule has 1 aliphatic rings. The summed E-state index contributed by atoms with van der Waals surface area (Å²) in [6.45, 7) is 0.914. The number of H-pyrrole nitrogens is 1. The Morgan fingerprint density at radius 1 is 1.46 bits per heavy atom. The van der Waals surface area contributed by atoms with Crippen LogP contribution in [0.2, 0.25) is 5.02 Å². The lowest BCUT2D eigenvalue weighted by Crippen LogP contribution is -2.25. The zero-order chi connectivity index (χ0) is 9.10. The highest BCUT2D eigenvalue weighted by molar-refractivity contribution is 6.30. The van der Waals surface area contributed by atoms with Gasteiger partial charge in [0.2, 0.25) is 0 Å². The monoisotopic (exact) mass is 198 g/mol. The normalized spacial score (nSPS) is 18.2. The third-order valence-corrected chi connectivity index (χ3v) is 2.86. The van der Waals surface area contributed by atoms with Crippen molar-refractivity contribution in [3.63, 3.8) is 0 Å². The summed E-state index contributed by atoms with van der Waals surface area (Å²) in [5.41, 5.74) is 1.18. The molecule has 13 heavy (non-hydrogen) atoms. The van der Waals surface area contributed by atoms with Crippen LogP contribution in [-0.2, 0) is 6.54 Å². The third kappa shape index (κ3) is 2.48. The second-order valence-electron chi connectivity index (χ2n) is 3.71. The smallest absolute Gasteiger partial charge is 0.0583 e. The minimum absolute atomic E-state index is 0.724. The van der Waals surface area contributed by atoms with Crippen LogP contribution >= 0.6 is 11.6 Å². The van der Waals surface area contributed by atoms with Gasteiger partial charge in [0.1, 0.15) is 0 Å². The summed E-state index contributed by atoms with van der Waals surface area (Å²) in [5, 5.41) is 4.32. The van der Waals surface area contributed by atoms with E-state index in [0.717, 1.165) is 17.6 Å². The molecule has 1 heterocycles. The van der Waals surface area contributed by atoms with E-state index in [2.05, 4.69) is 10.3 Å². The summed E-state index contributed by atoms with van der Waals surface area (Å²) < 4.78 is 0. The van der Waals surface area contributed by atoms with Crippen molar-refractivity contribution < 1.29 is 0 Å². The molecule has 1 fully saturated rings. The summed E-state index contributed by atoms with van der Waals surface area (Å²) in [6, 6.07) is 2.70. The Morgan fingerprint density at radius 2 is 2.23 bits per heavy atom. The number of hydrogen-bond acceptors (Lipinski definition) is 1. The van der Waals surface area contributed by atoms with Gasteiger partial charge in [0.15, 0.2) is 0 Å². The van der Waals surface area contributed by atoms with Crippen molar-refractivity contribution in [1.82, 2.24) is 10.3 Å². The molecular weight excluding hydrogens is 184 g/mol. The minimum Gasteiger partial charge on any atom is -0.363 e. The minimum atomic E-state index is 0.724. The van der Waals surface area contributed by atoms with E-state index in [1.807, 2.05) is 12.3 Å². The van der Waals surface area contributed by atoms with Crippen molar-refractivity contribution in [2.75, 3.05) is 0 Å². The molecule has 2 N–H and O–H groups in total. The number of rotatable bonds is 3. The Hall–Kier alpha value is -0.470. The summed E-state index contributed by atoms with van der Waals surface area (Å²) in [4.78, 5) is 3.13. The number of hydrogen-bond donors (Lipinski definition) is 2. The van der Waals surface area contributed by atoms with Gasteiger partial charge in [-0.3, -0.25) is 0 Å². The highest BCUT2D eigenvalue weighted by Gasteiger charge is 2.13. The molecule has 2 nitrogen and oxygen atoms in total. The van der Waals surface area contributed by atoms with Crippen molar-refractivity contribution in [3.8, 4) is 0 Å². The Bertz CT molecular complexity index is 264. The molecule has 0 amide bonds. The van der Waals surface area contributed by atoms with Gasteiger partial charge in [0.05, 0.1) is 5.02 Å². The van der Waals surface area contributed by atoms with Gasteiger partial charge in [-0.05, 0) is 18.9 Å². The molecule has 0 unspecified atom stereocenters. The standard InChI is InChI=1S/C10H15ClN2/c11-8-5-10(12-6-8)7-13-9-3-1-2-4-9/h5-6,9,12-13H,1-4,7H2. The highest BCUT2D eigenvalue weighted by Crippen LogP contribution is 2.18. The molecule has 1 aromatic heterocycles. The van der Waals surface area contributed by atoms with Gasteiger partial charge < -0.3 is 10.3 Å². The molecule has 0 spiro atoms. The van der Waals surface area contributed by atoms with Gasteiger partial charge in [-0.1, -0.05) is 24.4 Å². The summed E-state index contributed by atoms with van der Waals surface area (Å²) in [6.07, 6.45) is 7.24. The van der Waals surface area contributed by atoms with Crippen molar-refractivity contribution in [1.29, 1.82) is 0 Å². The van der Waals surface area contributed by atoms with Crippen LogP contribution in [0, 0.1) is 0 Å². The number of aromatic amines is 1. The number of halogens is 1. The molecule has 1 aliphatic carbocycles. The predicted molar refractivity (Wildman–Crippen MR) is 54.9 cm³/mol. The Kier molecular flexibility index (Phi) is 2.91. The van der Waals surface area contributed by atoms with Gasteiger partial charge in [0, 0.05) is 24.5 Å². The molecule has 0 aromatic carbocycles. The quantitative estimate of drug-likeness (QED) is 0.768. The first kappa shape index (κ1) is 9.10. The molecule has 0 saturated heterocycles. The fraction of sp³-hybridized carbons (Fsp3) is 0.600. The van der Waals surface area contributed by atoms with E-state index in [9.17, 15) is 0 Å². The number of nitrogens with one attached hydrogen (secondary N) is 2. The lowest BCUT2D eigenvalue weighted by atomic mass is 10.2. The van der Waals surface area contributed by atoms with Crippen molar-refractivity contribution in [2.24, 2.45) is 0 Å². The first-order chi connectivity index (χ1) is 6.34. The summed E-state index contributed by atoms with van der Waals surface area (Å²) in [7, 11) is 0. The van der Waals surface area contributed by atoms with Gasteiger partial charge in [-0.2, -0.15) is 0 Å². The highest BCUT2D eigenvalue weighted by atomic mass is 35.5. The van der Waals surface area contributed by atoms with E-state index >= 15 is 0 Å². The second-order valence-corrected chi connectivity index (χ2v) is 4.14. The molecule has 1 saturated carbocycles. The van der Waals surface area contributed by atoms with Crippen LogP contribution in [0.3, 0.4) is 0 Å². The summed E-state index contributed by atoms with van der Waals surface area (Å²) >= 11 is 5.80. The van der Waals surface area contributed by atoms with Crippen LogP contribution in [-0.4, -0.2) is 11.0 Å². The number of aromatic nitrogens is 1. The van der Waals surface area contributed by atoms with E-state index in [-0.39, 0.29) is 0 Å². The van der Waals surface area contributed by atoms with E-state index in [4.69, 9.17) is 11.6 Å². The topological polar surface area (TPSA) is 27.8 Å². The van der Waals surface area contributed by atoms with Gasteiger partial charge in [0.25, 0.3) is 0 Å². The van der Waals surface area contributed by atoms with Crippen molar-refractivity contribution >= 4 is 11.6 Å². The zero-order valence-electron chi connectivity index (χ0n) is 7.65. The molecule has 0 radical (unpaired) electrons. The van der Waals surface area contributed by atoms with Gasteiger partial charge >= 0.3 is 0 Å². The van der Waals surface area contributed by atoms with Gasteiger partial charge in [-0.15, -0.1) is 0 Å². The predicted octanol–water partition coefficient (Wildman–Crippen LogP) is 2.70. The SMILES string of the molecule is Clc1c[nH]c(CNC2CCCC2)c1. The van der Waals surface area contributed by atoms with Crippen LogP contribution in [0.25, 0.3) is 0 Å². The maximum Gasteiger partial charge on any atom is 0.0583 e. The van der Waals surface area contributed by atoms with Crippen LogP contribution < -0.4 is 5.32 Å².